The molecule has 4 saturated heterocycles. The van der Waals surface area contributed by atoms with Crippen molar-refractivity contribution in [3.63, 3.8) is 0 Å². The van der Waals surface area contributed by atoms with Gasteiger partial charge in [0.15, 0.2) is 12.1 Å². The van der Waals surface area contributed by atoms with Crippen LogP contribution in [0.2, 0.25) is 0 Å². The number of hydrogen-bond donors (Lipinski definition) is 2. The van der Waals surface area contributed by atoms with Gasteiger partial charge in [0.1, 0.15) is 31.0 Å². The number of carbonyl (C=O) groups excluding carboxylic acids is 1. The summed E-state index contributed by atoms with van der Waals surface area (Å²) in [7, 11) is 3.06. The molecule has 0 radical (unpaired) electrons. The number of methoxy groups -OCH3 is 1. The van der Waals surface area contributed by atoms with Gasteiger partial charge in [-0.15, -0.1) is 0 Å². The van der Waals surface area contributed by atoms with Crippen molar-refractivity contribution in [1.29, 1.82) is 0 Å². The van der Waals surface area contributed by atoms with Crippen LogP contribution in [0.1, 0.15) is 87.0 Å². The van der Waals surface area contributed by atoms with E-state index in [9.17, 15) is 15.0 Å². The van der Waals surface area contributed by atoms with Gasteiger partial charge in [-0.1, -0.05) is 57.2 Å². The third-order valence-electron chi connectivity index (χ3n) is 12.8. The molecule has 1 saturated carbocycles. The Labute approximate surface area is 308 Å². The van der Waals surface area contributed by atoms with Gasteiger partial charge in [-0.2, -0.15) is 0 Å². The van der Waals surface area contributed by atoms with Crippen molar-refractivity contribution in [3.8, 4) is 0 Å². The van der Waals surface area contributed by atoms with E-state index in [1.165, 1.54) is 7.11 Å². The predicted octanol–water partition coefficient (Wildman–Crippen LogP) is 5.01. The van der Waals surface area contributed by atoms with Gasteiger partial charge in [-0.3, -0.25) is 4.79 Å². The van der Waals surface area contributed by atoms with Gasteiger partial charge in [0.05, 0.1) is 48.8 Å². The molecule has 5 heterocycles. The Balaban J connectivity index is 1.40. The monoisotopic (exact) mass is 731 g/mol. The standard InChI is InChI=1S/C40H61NO11/c1-21-15-16-39(51-26(21)6)19-30-17-29(52-39)14-13-23(3)36(50-32-18-31(45-8)35(42)27(7)48-32)22(2)11-10-12-28-20-47-37-34(41-46-9)25(5)24(4)33(38(43)49-30)40(28,37)44/h10-13,21-22,24-27,29-33,35-37,42,44H,14-20H2,1-9H3/b11-10+,23-13+,28-12+,41-34+. The molecule has 0 amide bonds. The first-order valence-corrected chi connectivity index (χ1v) is 19.3. The molecule has 12 heteroatoms. The van der Waals surface area contributed by atoms with Gasteiger partial charge in [0.25, 0.3) is 0 Å². The van der Waals surface area contributed by atoms with E-state index in [0.717, 1.165) is 12.0 Å². The number of aliphatic hydroxyl groups is 2. The van der Waals surface area contributed by atoms with Crippen LogP contribution in [-0.4, -0.2) is 109 Å². The number of carbonyl (C=O) groups is 1. The predicted molar refractivity (Wildman–Crippen MR) is 192 cm³/mol. The lowest BCUT2D eigenvalue weighted by Crippen LogP contribution is -2.63. The molecule has 6 rings (SSSR count). The van der Waals surface area contributed by atoms with Gasteiger partial charge in [0.2, 0.25) is 0 Å². The van der Waals surface area contributed by atoms with E-state index >= 15 is 0 Å². The minimum absolute atomic E-state index is 0.0146. The largest absolute Gasteiger partial charge is 0.462 e. The summed E-state index contributed by atoms with van der Waals surface area (Å²) < 4.78 is 44.6. The quantitative estimate of drug-likeness (QED) is 0.229. The number of esters is 1. The molecule has 0 aromatic carbocycles. The van der Waals surface area contributed by atoms with Crippen LogP contribution in [0.15, 0.2) is 40.6 Å². The minimum Gasteiger partial charge on any atom is -0.462 e. The highest BCUT2D eigenvalue weighted by Gasteiger charge is 2.64. The summed E-state index contributed by atoms with van der Waals surface area (Å²) in [6, 6.07) is 0. The molecule has 1 spiro atoms. The molecule has 5 aliphatic heterocycles. The third kappa shape index (κ3) is 7.56. The van der Waals surface area contributed by atoms with Crippen molar-refractivity contribution in [2.75, 3.05) is 20.8 Å². The average molecular weight is 732 g/mol. The maximum absolute atomic E-state index is 14.5. The Morgan fingerprint density at radius 2 is 1.79 bits per heavy atom. The third-order valence-corrected chi connectivity index (χ3v) is 12.8. The molecule has 0 aromatic rings. The molecule has 16 unspecified atom stereocenters. The fraction of sp³-hybridized carbons (Fsp3) is 0.800. The summed E-state index contributed by atoms with van der Waals surface area (Å²) in [5, 5.41) is 27.7. The number of hydrogen-bond acceptors (Lipinski definition) is 12. The highest BCUT2D eigenvalue weighted by molar-refractivity contribution is 5.96. The van der Waals surface area contributed by atoms with Gasteiger partial charge in [-0.25, -0.2) is 0 Å². The summed E-state index contributed by atoms with van der Waals surface area (Å²) in [6.45, 7) is 14.3. The Morgan fingerprint density at radius 1 is 1.02 bits per heavy atom. The Kier molecular flexibility index (Phi) is 12.1. The van der Waals surface area contributed by atoms with Crippen LogP contribution < -0.4 is 0 Å². The first-order chi connectivity index (χ1) is 24.7. The van der Waals surface area contributed by atoms with Gasteiger partial charge >= 0.3 is 5.97 Å². The van der Waals surface area contributed by atoms with Crippen molar-refractivity contribution in [1.82, 2.24) is 0 Å². The van der Waals surface area contributed by atoms with E-state index in [1.54, 1.807) is 7.11 Å². The molecule has 1 aliphatic carbocycles. The van der Waals surface area contributed by atoms with Crippen molar-refractivity contribution in [2.24, 2.45) is 34.7 Å². The maximum atomic E-state index is 14.5. The van der Waals surface area contributed by atoms with E-state index in [0.29, 0.717) is 49.3 Å². The summed E-state index contributed by atoms with van der Waals surface area (Å²) in [6.07, 6.45) is 7.14. The Morgan fingerprint density at radius 3 is 2.50 bits per heavy atom. The van der Waals surface area contributed by atoms with Crippen LogP contribution in [0.3, 0.4) is 0 Å². The maximum Gasteiger partial charge on any atom is 0.312 e. The van der Waals surface area contributed by atoms with Gasteiger partial charge in [-0.05, 0) is 56.6 Å². The van der Waals surface area contributed by atoms with Crippen LogP contribution in [0.5, 0.6) is 0 Å². The van der Waals surface area contributed by atoms with E-state index < -0.39 is 60.1 Å². The molecular weight excluding hydrogens is 670 g/mol. The minimum atomic E-state index is -1.70. The first-order valence-electron chi connectivity index (χ1n) is 19.3. The smallest absolute Gasteiger partial charge is 0.312 e. The van der Waals surface area contributed by atoms with Crippen LogP contribution in [0.4, 0.5) is 0 Å². The van der Waals surface area contributed by atoms with Crippen molar-refractivity contribution >= 4 is 11.7 Å². The SMILES string of the molecule is CO/N=C1\C(C)C(C)C2C(=O)OC3CC(C/C=C(\C)C(OC4CC(OC)C(O)C(C)O4)C(C)/C=C/C=C4\COC1C42O)OC1(CCC(C)C(C)O1)C3. The number of rotatable bonds is 4. The first kappa shape index (κ1) is 39.5. The molecule has 2 bridgehead atoms. The number of aliphatic hydroxyl groups excluding tert-OH is 1. The van der Waals surface area contributed by atoms with E-state index in [-0.39, 0.29) is 42.7 Å². The Hall–Kier alpha value is -2.16. The lowest BCUT2D eigenvalue weighted by atomic mass is 9.61. The number of ether oxygens (including phenoxy) is 7. The summed E-state index contributed by atoms with van der Waals surface area (Å²) in [5.41, 5.74) is 0.432. The lowest BCUT2D eigenvalue weighted by Gasteiger charge is -2.50. The fourth-order valence-electron chi connectivity index (χ4n) is 9.32. The zero-order valence-corrected chi connectivity index (χ0v) is 32.4. The summed E-state index contributed by atoms with van der Waals surface area (Å²) in [4.78, 5) is 19.7. The molecule has 2 N–H and O–H groups in total. The van der Waals surface area contributed by atoms with Crippen LogP contribution in [-0.2, 0) is 42.8 Å². The molecule has 16 atom stereocenters. The number of nitrogens with zero attached hydrogens (tertiary/aromatic N) is 1. The Bertz CT molecular complexity index is 1410. The number of allylic oxidation sites excluding steroid dienone is 2. The van der Waals surface area contributed by atoms with Crippen molar-refractivity contribution in [3.05, 3.63) is 35.5 Å². The molecule has 292 valence electrons. The molecule has 0 aromatic heterocycles. The molecule has 6 aliphatic rings. The number of fused-ring (bicyclic) bond motifs is 2. The fourth-order valence-corrected chi connectivity index (χ4v) is 9.32. The molecule has 12 nitrogen and oxygen atoms in total. The highest BCUT2D eigenvalue weighted by atomic mass is 16.7. The van der Waals surface area contributed by atoms with Crippen molar-refractivity contribution < 1.29 is 53.0 Å². The van der Waals surface area contributed by atoms with Crippen molar-refractivity contribution in [2.45, 2.75) is 154 Å². The second-order valence-corrected chi connectivity index (χ2v) is 16.3. The zero-order valence-electron chi connectivity index (χ0n) is 32.4. The second kappa shape index (κ2) is 15.9. The molecule has 52 heavy (non-hydrogen) atoms. The normalized spacial score (nSPS) is 50.8. The van der Waals surface area contributed by atoms with Crippen LogP contribution in [0, 0.1) is 29.6 Å². The highest BCUT2D eigenvalue weighted by Crippen LogP contribution is 2.50. The van der Waals surface area contributed by atoms with Gasteiger partial charge < -0.3 is 48.2 Å². The van der Waals surface area contributed by atoms with E-state index in [1.807, 2.05) is 45.9 Å². The zero-order chi connectivity index (χ0) is 37.5. The topological polar surface area (TPSA) is 144 Å². The number of oxime groups is 1. The van der Waals surface area contributed by atoms with Crippen LogP contribution in [0.25, 0.3) is 0 Å². The van der Waals surface area contributed by atoms with E-state index in [4.69, 9.17) is 38.0 Å². The molecular formula is C40H61NO11. The lowest BCUT2D eigenvalue weighted by molar-refractivity contribution is -0.332. The summed E-state index contributed by atoms with van der Waals surface area (Å²) >= 11 is 0. The molecule has 5 fully saturated rings. The summed E-state index contributed by atoms with van der Waals surface area (Å²) in [5.74, 6) is -2.54. The van der Waals surface area contributed by atoms with Gasteiger partial charge in [0, 0.05) is 44.6 Å². The van der Waals surface area contributed by atoms with Crippen LogP contribution >= 0.6 is 0 Å². The van der Waals surface area contributed by atoms with E-state index in [2.05, 4.69) is 32.0 Å². The average Bonchev–Trinajstić information content (AvgIpc) is 3.42. The second-order valence-electron chi connectivity index (χ2n) is 16.3.